The minimum Gasteiger partial charge on any atom is -0.442 e. The lowest BCUT2D eigenvalue weighted by molar-refractivity contribution is -0.119. The zero-order valence-corrected chi connectivity index (χ0v) is 14.3. The molecule has 1 heterocycles. The van der Waals surface area contributed by atoms with Crippen molar-refractivity contribution in [2.75, 3.05) is 23.3 Å². The standard InChI is InChI=1S/C19H19N3O4/c1-13(23)20-11-16-12-22(19(25)26-16)15-7-9-17(18(24)10-8-15)21-14-5-3-2-4-6-14/h2-10,16H,11-12H2,1H3,(H,20,23)(H,21,24)/t16-/m0/s1. The number of para-hydroxylation sites is 1. The topological polar surface area (TPSA) is 87.7 Å². The monoisotopic (exact) mass is 353 g/mol. The van der Waals surface area contributed by atoms with E-state index in [9.17, 15) is 14.4 Å². The molecule has 2 amide bonds. The second-order valence-electron chi connectivity index (χ2n) is 5.91. The van der Waals surface area contributed by atoms with Gasteiger partial charge in [-0.1, -0.05) is 18.2 Å². The summed E-state index contributed by atoms with van der Waals surface area (Å²) in [5.41, 5.74) is 1.57. The normalized spacial score (nSPS) is 16.1. The number of nitrogens with one attached hydrogen (secondary N) is 2. The van der Waals surface area contributed by atoms with Crippen molar-refractivity contribution in [3.8, 4) is 0 Å². The molecule has 1 atom stereocenters. The van der Waals surface area contributed by atoms with Gasteiger partial charge in [-0.15, -0.1) is 0 Å². The molecule has 2 N–H and O–H groups in total. The summed E-state index contributed by atoms with van der Waals surface area (Å²) in [4.78, 5) is 36.8. The summed E-state index contributed by atoms with van der Waals surface area (Å²) in [5.74, 6) is -0.182. The van der Waals surface area contributed by atoms with Gasteiger partial charge in [-0.3, -0.25) is 14.5 Å². The van der Waals surface area contributed by atoms with Gasteiger partial charge in [-0.05, 0) is 36.4 Å². The van der Waals surface area contributed by atoms with Gasteiger partial charge in [-0.25, -0.2) is 4.79 Å². The molecular formula is C19H19N3O4. The van der Waals surface area contributed by atoms with Crippen LogP contribution in [-0.2, 0) is 9.53 Å². The van der Waals surface area contributed by atoms with Crippen LogP contribution in [-0.4, -0.2) is 31.2 Å². The summed E-state index contributed by atoms with van der Waals surface area (Å²) >= 11 is 0. The molecule has 1 aliphatic heterocycles. The van der Waals surface area contributed by atoms with Crippen molar-refractivity contribution in [3.05, 3.63) is 64.8 Å². The van der Waals surface area contributed by atoms with Crippen molar-refractivity contribution in [1.82, 2.24) is 5.32 Å². The molecule has 134 valence electrons. The predicted octanol–water partition coefficient (Wildman–Crippen LogP) is 2.25. The smallest absolute Gasteiger partial charge is 0.414 e. The zero-order chi connectivity index (χ0) is 18.5. The fourth-order valence-electron chi connectivity index (χ4n) is 2.61. The molecule has 0 bridgehead atoms. The Morgan fingerprint density at radius 3 is 2.58 bits per heavy atom. The first kappa shape index (κ1) is 17.5. The highest BCUT2D eigenvalue weighted by Crippen LogP contribution is 2.21. The molecule has 7 heteroatoms. The average Bonchev–Trinajstić information content (AvgIpc) is 2.90. The van der Waals surface area contributed by atoms with Crippen LogP contribution in [0.5, 0.6) is 0 Å². The number of rotatable bonds is 5. The van der Waals surface area contributed by atoms with Gasteiger partial charge in [-0.2, -0.15) is 0 Å². The molecule has 1 fully saturated rings. The predicted molar refractivity (Wildman–Crippen MR) is 98.7 cm³/mol. The fraction of sp³-hybridized carbons (Fsp3) is 0.211. The van der Waals surface area contributed by atoms with E-state index in [1.807, 2.05) is 30.3 Å². The van der Waals surface area contributed by atoms with Crippen LogP contribution in [0.15, 0.2) is 59.4 Å². The molecular weight excluding hydrogens is 334 g/mol. The van der Waals surface area contributed by atoms with Crippen LogP contribution < -0.4 is 21.0 Å². The Morgan fingerprint density at radius 2 is 1.85 bits per heavy atom. The molecule has 1 aliphatic rings. The van der Waals surface area contributed by atoms with E-state index in [1.165, 1.54) is 17.9 Å². The number of amides is 2. The number of ether oxygens (including phenoxy) is 1. The van der Waals surface area contributed by atoms with Crippen molar-refractivity contribution < 1.29 is 14.3 Å². The fourth-order valence-corrected chi connectivity index (χ4v) is 2.61. The lowest BCUT2D eigenvalue weighted by Gasteiger charge is -2.11. The van der Waals surface area contributed by atoms with Crippen molar-refractivity contribution in [3.63, 3.8) is 0 Å². The maximum Gasteiger partial charge on any atom is 0.414 e. The minimum absolute atomic E-state index is 0.182. The first-order chi connectivity index (χ1) is 12.5. The first-order valence-electron chi connectivity index (χ1n) is 8.22. The number of cyclic esters (lactones) is 1. The quantitative estimate of drug-likeness (QED) is 0.861. The van der Waals surface area contributed by atoms with E-state index in [4.69, 9.17) is 4.74 Å². The molecule has 26 heavy (non-hydrogen) atoms. The van der Waals surface area contributed by atoms with Crippen LogP contribution >= 0.6 is 0 Å². The average molecular weight is 353 g/mol. The molecule has 0 spiro atoms. The Hall–Kier alpha value is -3.35. The van der Waals surface area contributed by atoms with Gasteiger partial charge in [0.05, 0.1) is 18.8 Å². The maximum atomic E-state index is 12.3. The van der Waals surface area contributed by atoms with Crippen molar-refractivity contribution in [2.24, 2.45) is 0 Å². The molecule has 0 aliphatic carbocycles. The number of benzene rings is 1. The van der Waals surface area contributed by atoms with Crippen molar-refractivity contribution in [1.29, 1.82) is 0 Å². The summed E-state index contributed by atoms with van der Waals surface area (Å²) in [7, 11) is 0. The van der Waals surface area contributed by atoms with E-state index >= 15 is 0 Å². The van der Waals surface area contributed by atoms with Crippen LogP contribution in [0.2, 0.25) is 0 Å². The molecule has 2 aromatic rings. The number of nitrogens with zero attached hydrogens (tertiary/aromatic N) is 1. The van der Waals surface area contributed by atoms with Gasteiger partial charge in [0.2, 0.25) is 11.3 Å². The highest BCUT2D eigenvalue weighted by Gasteiger charge is 2.32. The van der Waals surface area contributed by atoms with E-state index in [2.05, 4.69) is 10.6 Å². The Labute approximate surface area is 150 Å². The van der Waals surface area contributed by atoms with Gasteiger partial charge < -0.3 is 15.4 Å². The number of anilines is 3. The summed E-state index contributed by atoms with van der Waals surface area (Å²) in [6.07, 6.45) is -0.929. The van der Waals surface area contributed by atoms with Crippen molar-refractivity contribution in [2.45, 2.75) is 13.0 Å². The highest BCUT2D eigenvalue weighted by atomic mass is 16.6. The molecule has 0 saturated carbocycles. The molecule has 0 aromatic heterocycles. The minimum atomic E-state index is -0.503. The number of hydrogen-bond donors (Lipinski definition) is 2. The van der Waals surface area contributed by atoms with E-state index < -0.39 is 12.2 Å². The summed E-state index contributed by atoms with van der Waals surface area (Å²) in [6, 6.07) is 15.7. The SMILES string of the molecule is CC(=O)NC[C@H]1CN(c2ccc(Nc3ccccc3)c(=O)cc2)C(=O)O1. The Kier molecular flexibility index (Phi) is 5.17. The molecule has 3 rings (SSSR count). The van der Waals surface area contributed by atoms with Crippen LogP contribution in [0, 0.1) is 0 Å². The third kappa shape index (κ3) is 4.18. The Balaban J connectivity index is 1.77. The van der Waals surface area contributed by atoms with Crippen LogP contribution in [0.4, 0.5) is 21.9 Å². The lowest BCUT2D eigenvalue weighted by atomic mass is 10.3. The first-order valence-corrected chi connectivity index (χ1v) is 8.22. The summed E-state index contributed by atoms with van der Waals surface area (Å²) in [5, 5.41) is 5.70. The van der Waals surface area contributed by atoms with Crippen molar-refractivity contribution >= 4 is 29.1 Å². The second-order valence-corrected chi connectivity index (χ2v) is 5.91. The summed E-state index contributed by atoms with van der Waals surface area (Å²) < 4.78 is 5.24. The van der Waals surface area contributed by atoms with Gasteiger partial charge in [0, 0.05) is 18.3 Å². The third-order valence-electron chi connectivity index (χ3n) is 3.91. The van der Waals surface area contributed by atoms with Gasteiger partial charge in [0.15, 0.2) is 0 Å². The largest absolute Gasteiger partial charge is 0.442 e. The molecule has 1 saturated heterocycles. The second kappa shape index (κ2) is 7.69. The summed E-state index contributed by atoms with van der Waals surface area (Å²) in [6.45, 7) is 1.96. The van der Waals surface area contributed by atoms with Gasteiger partial charge in [0.25, 0.3) is 0 Å². The number of hydrogen-bond acceptors (Lipinski definition) is 5. The molecule has 7 nitrogen and oxygen atoms in total. The third-order valence-corrected chi connectivity index (χ3v) is 3.91. The van der Waals surface area contributed by atoms with Gasteiger partial charge in [0.1, 0.15) is 6.10 Å². The molecule has 2 aromatic carbocycles. The molecule has 0 unspecified atom stereocenters. The maximum absolute atomic E-state index is 12.3. The Morgan fingerprint density at radius 1 is 1.12 bits per heavy atom. The van der Waals surface area contributed by atoms with Crippen LogP contribution in [0.25, 0.3) is 0 Å². The van der Waals surface area contributed by atoms with E-state index in [0.29, 0.717) is 17.9 Å². The zero-order valence-electron chi connectivity index (χ0n) is 14.3. The molecule has 0 radical (unpaired) electrons. The van der Waals surface area contributed by atoms with E-state index in [1.54, 1.807) is 18.2 Å². The number of carbonyl (C=O) groups is 2. The Bertz CT molecular complexity index is 870. The number of carbonyl (C=O) groups excluding carboxylic acids is 2. The van der Waals surface area contributed by atoms with Gasteiger partial charge >= 0.3 is 6.09 Å². The van der Waals surface area contributed by atoms with E-state index in [0.717, 1.165) is 5.69 Å². The highest BCUT2D eigenvalue weighted by molar-refractivity contribution is 5.89. The van der Waals surface area contributed by atoms with Crippen LogP contribution in [0.3, 0.4) is 0 Å². The lowest BCUT2D eigenvalue weighted by Crippen LogP contribution is -2.33. The van der Waals surface area contributed by atoms with E-state index in [-0.39, 0.29) is 17.9 Å². The van der Waals surface area contributed by atoms with Crippen LogP contribution in [0.1, 0.15) is 6.92 Å².